The predicted octanol–water partition coefficient (Wildman–Crippen LogP) is 2.33. The van der Waals surface area contributed by atoms with Crippen molar-refractivity contribution in [3.05, 3.63) is 34.5 Å². The number of nitrogens with one attached hydrogen (secondary N) is 1. The maximum Gasteiger partial charge on any atom is 0.326 e. The molecule has 0 radical (unpaired) electrons. The summed E-state index contributed by atoms with van der Waals surface area (Å²) in [6.07, 6.45) is 0.112. The highest BCUT2D eigenvalue weighted by Crippen LogP contribution is 2.24. The summed E-state index contributed by atoms with van der Waals surface area (Å²) < 4.78 is 6.47. The molecule has 1 unspecified atom stereocenters. The van der Waals surface area contributed by atoms with Crippen molar-refractivity contribution in [2.75, 3.05) is 0 Å². The Kier molecular flexibility index (Phi) is 3.90. The van der Waals surface area contributed by atoms with Gasteiger partial charge in [-0.1, -0.05) is 15.9 Å². The normalized spacial score (nSPS) is 12.3. The summed E-state index contributed by atoms with van der Waals surface area (Å²) in [5.41, 5.74) is 0.685. The molecular weight excluding hydrogens is 314 g/mol. The van der Waals surface area contributed by atoms with Gasteiger partial charge in [-0.25, -0.2) is 4.79 Å². The Morgan fingerprint density at radius 1 is 1.42 bits per heavy atom. The quantitative estimate of drug-likeness (QED) is 0.904. The first-order valence-electron chi connectivity index (χ1n) is 5.63. The van der Waals surface area contributed by atoms with Crippen molar-refractivity contribution in [3.8, 4) is 0 Å². The summed E-state index contributed by atoms with van der Waals surface area (Å²) >= 11 is 3.36. The van der Waals surface area contributed by atoms with Crippen LogP contribution in [0.4, 0.5) is 0 Å². The van der Waals surface area contributed by atoms with Gasteiger partial charge in [0.2, 0.25) is 5.91 Å². The second-order valence-electron chi connectivity index (χ2n) is 4.19. The molecule has 1 amide bonds. The highest BCUT2D eigenvalue weighted by molar-refractivity contribution is 9.10. The van der Waals surface area contributed by atoms with E-state index in [1.54, 1.807) is 12.1 Å². The van der Waals surface area contributed by atoms with Gasteiger partial charge in [0.1, 0.15) is 17.4 Å². The minimum Gasteiger partial charge on any atom is -0.480 e. The molecule has 1 aromatic carbocycles. The summed E-state index contributed by atoms with van der Waals surface area (Å²) in [6.45, 7) is 1.28. The van der Waals surface area contributed by atoms with Gasteiger partial charge in [0, 0.05) is 23.2 Å². The van der Waals surface area contributed by atoms with Crippen LogP contribution in [-0.2, 0) is 16.0 Å². The highest BCUT2D eigenvalue weighted by atomic mass is 79.9. The Morgan fingerprint density at radius 2 is 2.16 bits per heavy atom. The maximum atomic E-state index is 11.0. The van der Waals surface area contributed by atoms with Gasteiger partial charge in [0.05, 0.1) is 0 Å². The van der Waals surface area contributed by atoms with Gasteiger partial charge >= 0.3 is 5.97 Å². The van der Waals surface area contributed by atoms with Crippen molar-refractivity contribution in [2.24, 2.45) is 0 Å². The number of fused-ring (bicyclic) bond motifs is 1. The Morgan fingerprint density at radius 3 is 2.79 bits per heavy atom. The first-order valence-corrected chi connectivity index (χ1v) is 6.43. The molecule has 0 aliphatic carbocycles. The number of carbonyl (C=O) groups excluding carboxylic acids is 1. The third-order valence-corrected chi connectivity index (χ3v) is 3.10. The molecule has 2 aromatic rings. The molecule has 0 aliphatic rings. The van der Waals surface area contributed by atoms with Gasteiger partial charge in [0.25, 0.3) is 0 Å². The van der Waals surface area contributed by atoms with Gasteiger partial charge in [-0.2, -0.15) is 0 Å². The zero-order valence-corrected chi connectivity index (χ0v) is 11.7. The lowest BCUT2D eigenvalue weighted by Gasteiger charge is -2.10. The lowest BCUT2D eigenvalue weighted by atomic mass is 10.1. The van der Waals surface area contributed by atoms with Crippen molar-refractivity contribution in [2.45, 2.75) is 19.4 Å². The number of benzene rings is 1. The van der Waals surface area contributed by atoms with Crippen LogP contribution in [0, 0.1) is 0 Å². The standard InChI is InChI=1S/C13H12BrNO4/c1-7(16)15-11(13(17)18)6-10-5-8-4-9(14)2-3-12(8)19-10/h2-5,11H,6H2,1H3,(H,15,16)(H,17,18). The molecule has 2 rings (SSSR count). The molecule has 19 heavy (non-hydrogen) atoms. The Labute approximate surface area is 117 Å². The van der Waals surface area contributed by atoms with Crippen LogP contribution in [0.5, 0.6) is 0 Å². The fraction of sp³-hybridized carbons (Fsp3) is 0.231. The van der Waals surface area contributed by atoms with Crippen LogP contribution in [0.15, 0.2) is 33.2 Å². The molecule has 0 saturated carbocycles. The SMILES string of the molecule is CC(=O)NC(Cc1cc2cc(Br)ccc2o1)C(=O)O. The number of carboxylic acid groups (broad SMARTS) is 1. The summed E-state index contributed by atoms with van der Waals surface area (Å²) in [5, 5.41) is 12.3. The molecule has 1 heterocycles. The first kappa shape index (κ1) is 13.6. The third-order valence-electron chi connectivity index (χ3n) is 2.61. The number of hydrogen-bond donors (Lipinski definition) is 2. The van der Waals surface area contributed by atoms with Crippen LogP contribution in [0.2, 0.25) is 0 Å². The van der Waals surface area contributed by atoms with E-state index < -0.39 is 12.0 Å². The molecule has 0 saturated heterocycles. The Balaban J connectivity index is 2.23. The number of hydrogen-bond acceptors (Lipinski definition) is 3. The molecule has 1 atom stereocenters. The van der Waals surface area contributed by atoms with Crippen LogP contribution in [-0.4, -0.2) is 23.0 Å². The van der Waals surface area contributed by atoms with Gasteiger partial charge in [-0.15, -0.1) is 0 Å². The zero-order chi connectivity index (χ0) is 14.0. The third kappa shape index (κ3) is 3.35. The van der Waals surface area contributed by atoms with Gasteiger partial charge in [-0.05, 0) is 24.3 Å². The van der Waals surface area contributed by atoms with E-state index in [1.165, 1.54) is 6.92 Å². The molecule has 6 heteroatoms. The molecule has 2 N–H and O–H groups in total. The van der Waals surface area contributed by atoms with Crippen molar-refractivity contribution in [3.63, 3.8) is 0 Å². The highest BCUT2D eigenvalue weighted by Gasteiger charge is 2.20. The van der Waals surface area contributed by atoms with E-state index in [-0.39, 0.29) is 12.3 Å². The fourth-order valence-corrected chi connectivity index (χ4v) is 2.20. The number of halogens is 1. The lowest BCUT2D eigenvalue weighted by Crippen LogP contribution is -2.41. The van der Waals surface area contributed by atoms with Gasteiger partial charge in [0.15, 0.2) is 0 Å². The molecule has 5 nitrogen and oxygen atoms in total. The van der Waals surface area contributed by atoms with Crippen LogP contribution >= 0.6 is 15.9 Å². The average Bonchev–Trinajstić information content (AvgIpc) is 2.68. The smallest absolute Gasteiger partial charge is 0.326 e. The first-order chi connectivity index (χ1) is 8.95. The second-order valence-corrected chi connectivity index (χ2v) is 5.11. The van der Waals surface area contributed by atoms with Crippen molar-refractivity contribution < 1.29 is 19.1 Å². The van der Waals surface area contributed by atoms with Crippen LogP contribution in [0.25, 0.3) is 11.0 Å². The molecule has 0 fully saturated rings. The zero-order valence-electron chi connectivity index (χ0n) is 10.1. The molecule has 100 valence electrons. The Hall–Kier alpha value is -1.82. The molecule has 0 aliphatic heterocycles. The van der Waals surface area contributed by atoms with E-state index in [1.807, 2.05) is 12.1 Å². The number of carboxylic acids is 1. The minimum absolute atomic E-state index is 0.112. The summed E-state index contributed by atoms with van der Waals surface area (Å²) in [5.74, 6) is -0.947. The van der Waals surface area contributed by atoms with E-state index in [2.05, 4.69) is 21.2 Å². The van der Waals surface area contributed by atoms with Gasteiger partial charge in [-0.3, -0.25) is 4.79 Å². The predicted molar refractivity (Wildman–Crippen MR) is 72.9 cm³/mol. The van der Waals surface area contributed by atoms with Crippen LogP contribution < -0.4 is 5.32 Å². The molecular formula is C13H12BrNO4. The van der Waals surface area contributed by atoms with Crippen LogP contribution in [0.1, 0.15) is 12.7 Å². The largest absolute Gasteiger partial charge is 0.480 e. The Bertz CT molecular complexity index is 635. The van der Waals surface area contributed by atoms with Gasteiger partial charge < -0.3 is 14.8 Å². The van der Waals surface area contributed by atoms with Crippen molar-refractivity contribution >= 4 is 38.8 Å². The number of rotatable bonds is 4. The number of amides is 1. The molecule has 1 aromatic heterocycles. The number of aliphatic carboxylic acids is 1. The molecule has 0 bridgehead atoms. The summed E-state index contributed by atoms with van der Waals surface area (Å²) in [4.78, 5) is 22.0. The number of carbonyl (C=O) groups is 2. The van der Waals surface area contributed by atoms with Crippen molar-refractivity contribution in [1.29, 1.82) is 0 Å². The fourth-order valence-electron chi connectivity index (χ4n) is 1.82. The average molecular weight is 326 g/mol. The van der Waals surface area contributed by atoms with E-state index in [4.69, 9.17) is 9.52 Å². The van der Waals surface area contributed by atoms with Crippen molar-refractivity contribution in [1.82, 2.24) is 5.32 Å². The van der Waals surface area contributed by atoms with E-state index in [9.17, 15) is 9.59 Å². The molecule has 0 spiro atoms. The monoisotopic (exact) mass is 325 g/mol. The van der Waals surface area contributed by atoms with E-state index in [0.29, 0.717) is 11.3 Å². The number of furan rings is 1. The second kappa shape index (κ2) is 5.44. The summed E-state index contributed by atoms with van der Waals surface area (Å²) in [7, 11) is 0. The maximum absolute atomic E-state index is 11.0. The minimum atomic E-state index is -1.09. The van der Waals surface area contributed by atoms with E-state index >= 15 is 0 Å². The summed E-state index contributed by atoms with van der Waals surface area (Å²) in [6, 6.07) is 6.32. The van der Waals surface area contributed by atoms with E-state index in [0.717, 1.165) is 9.86 Å². The topological polar surface area (TPSA) is 79.5 Å². The van der Waals surface area contributed by atoms with Crippen LogP contribution in [0.3, 0.4) is 0 Å². The lowest BCUT2D eigenvalue weighted by molar-refractivity contribution is -0.141.